The van der Waals surface area contributed by atoms with E-state index in [1.54, 1.807) is 26.0 Å². The lowest BCUT2D eigenvalue weighted by atomic mass is 10.1. The average Bonchev–Trinajstić information content (AvgIpc) is 2.43. The van der Waals surface area contributed by atoms with Gasteiger partial charge in [0.2, 0.25) is 0 Å². The lowest BCUT2D eigenvalue weighted by Gasteiger charge is -2.09. The number of Topliss-reactive ketones (excluding diaryl/α,β-unsaturated/α-hetero) is 1. The van der Waals surface area contributed by atoms with Crippen LogP contribution in [0.2, 0.25) is 0 Å². The highest BCUT2D eigenvalue weighted by Crippen LogP contribution is 2.31. The number of pyridine rings is 1. The summed E-state index contributed by atoms with van der Waals surface area (Å²) in [6.07, 6.45) is 1.48. The van der Waals surface area contributed by atoms with E-state index in [0.29, 0.717) is 11.1 Å². The number of aromatic nitrogens is 1. The molecule has 0 spiro atoms. The average molecular weight is 274 g/mol. The molecule has 1 heterocycles. The molecule has 0 radical (unpaired) electrons. The second-order valence-corrected chi connectivity index (χ2v) is 4.65. The van der Waals surface area contributed by atoms with Gasteiger partial charge in [-0.2, -0.15) is 0 Å². The van der Waals surface area contributed by atoms with Gasteiger partial charge < -0.3 is 4.74 Å². The van der Waals surface area contributed by atoms with Crippen LogP contribution in [0.25, 0.3) is 10.9 Å². The van der Waals surface area contributed by atoms with Crippen molar-refractivity contribution in [1.29, 1.82) is 0 Å². The summed E-state index contributed by atoms with van der Waals surface area (Å²) in [6, 6.07) is 6.19. The molecule has 6 heteroatoms. The summed E-state index contributed by atoms with van der Waals surface area (Å²) in [5.74, 6) is 0.283. The third kappa shape index (κ3) is 2.74. The van der Waals surface area contributed by atoms with E-state index in [1.807, 2.05) is 0 Å². The van der Waals surface area contributed by atoms with Crippen molar-refractivity contribution in [2.45, 2.75) is 13.8 Å². The van der Waals surface area contributed by atoms with Crippen LogP contribution in [-0.2, 0) is 4.79 Å². The minimum atomic E-state index is -0.488. The molecule has 2 rings (SSSR count). The first-order valence-electron chi connectivity index (χ1n) is 6.18. The van der Waals surface area contributed by atoms with Gasteiger partial charge in [-0.15, -0.1) is 0 Å². The van der Waals surface area contributed by atoms with Crippen molar-refractivity contribution in [3.63, 3.8) is 0 Å². The SMILES string of the molecule is CC(C)C(=O)COc1ccc([N+](=O)[O-])c2ncccc12. The Bertz CT molecular complexity index is 667. The zero-order valence-corrected chi connectivity index (χ0v) is 11.2. The summed E-state index contributed by atoms with van der Waals surface area (Å²) in [7, 11) is 0. The fourth-order valence-electron chi connectivity index (χ4n) is 1.72. The molecule has 0 amide bonds. The third-order valence-electron chi connectivity index (χ3n) is 2.92. The van der Waals surface area contributed by atoms with Crippen LogP contribution in [0.3, 0.4) is 0 Å². The molecule has 0 atom stereocenters. The smallest absolute Gasteiger partial charge is 0.295 e. The third-order valence-corrected chi connectivity index (χ3v) is 2.92. The van der Waals surface area contributed by atoms with E-state index in [4.69, 9.17) is 4.74 Å². The molecule has 0 fully saturated rings. The Hall–Kier alpha value is -2.50. The summed E-state index contributed by atoms with van der Waals surface area (Å²) in [6.45, 7) is 3.53. The highest BCUT2D eigenvalue weighted by molar-refractivity contribution is 5.92. The van der Waals surface area contributed by atoms with Gasteiger partial charge in [0.05, 0.1) is 4.92 Å². The molecule has 104 valence electrons. The number of nitro groups is 1. The zero-order chi connectivity index (χ0) is 14.7. The van der Waals surface area contributed by atoms with E-state index in [-0.39, 0.29) is 29.5 Å². The van der Waals surface area contributed by atoms with Crippen LogP contribution in [0.4, 0.5) is 5.69 Å². The number of non-ortho nitro benzene ring substituents is 1. The molecule has 0 aliphatic rings. The summed E-state index contributed by atoms with van der Waals surface area (Å²) in [5, 5.41) is 11.5. The fraction of sp³-hybridized carbons (Fsp3) is 0.286. The lowest BCUT2D eigenvalue weighted by Crippen LogP contribution is -2.16. The first-order chi connectivity index (χ1) is 9.50. The minimum absolute atomic E-state index is 0.0274. The normalized spacial score (nSPS) is 10.8. The highest BCUT2D eigenvalue weighted by atomic mass is 16.6. The van der Waals surface area contributed by atoms with E-state index in [2.05, 4.69) is 4.98 Å². The Morgan fingerprint density at radius 2 is 2.15 bits per heavy atom. The van der Waals surface area contributed by atoms with Crippen molar-refractivity contribution in [3.05, 3.63) is 40.6 Å². The van der Waals surface area contributed by atoms with Gasteiger partial charge in [0.25, 0.3) is 5.69 Å². The van der Waals surface area contributed by atoms with E-state index >= 15 is 0 Å². The first-order valence-corrected chi connectivity index (χ1v) is 6.18. The number of rotatable bonds is 5. The van der Waals surface area contributed by atoms with Gasteiger partial charge in [0.15, 0.2) is 11.3 Å². The van der Waals surface area contributed by atoms with Crippen molar-refractivity contribution in [2.24, 2.45) is 5.92 Å². The summed E-state index contributed by atoms with van der Waals surface area (Å²) < 4.78 is 5.46. The maximum absolute atomic E-state index is 11.6. The molecule has 20 heavy (non-hydrogen) atoms. The maximum atomic E-state index is 11.6. The molecule has 1 aromatic carbocycles. The molecule has 1 aromatic heterocycles. The molecular formula is C14H14N2O4. The van der Waals surface area contributed by atoms with Crippen LogP contribution in [0.15, 0.2) is 30.5 Å². The van der Waals surface area contributed by atoms with Crippen LogP contribution >= 0.6 is 0 Å². The quantitative estimate of drug-likeness (QED) is 0.618. The molecule has 0 bridgehead atoms. The minimum Gasteiger partial charge on any atom is -0.485 e. The van der Waals surface area contributed by atoms with Crippen molar-refractivity contribution in [2.75, 3.05) is 6.61 Å². The van der Waals surface area contributed by atoms with Crippen molar-refractivity contribution < 1.29 is 14.5 Å². The number of fused-ring (bicyclic) bond motifs is 1. The summed E-state index contributed by atoms with van der Waals surface area (Å²) >= 11 is 0. The number of hydrogen-bond donors (Lipinski definition) is 0. The van der Waals surface area contributed by atoms with E-state index in [9.17, 15) is 14.9 Å². The topological polar surface area (TPSA) is 82.3 Å². The van der Waals surface area contributed by atoms with E-state index in [1.165, 1.54) is 18.3 Å². The van der Waals surface area contributed by atoms with E-state index in [0.717, 1.165) is 0 Å². The fourth-order valence-corrected chi connectivity index (χ4v) is 1.72. The van der Waals surface area contributed by atoms with Crippen LogP contribution in [0.1, 0.15) is 13.8 Å². The Morgan fingerprint density at radius 1 is 1.40 bits per heavy atom. The molecule has 0 saturated heterocycles. The van der Waals surface area contributed by atoms with Crippen LogP contribution < -0.4 is 4.74 Å². The number of carbonyl (C=O) groups is 1. The molecule has 0 unspecified atom stereocenters. The second-order valence-electron chi connectivity index (χ2n) is 4.65. The van der Waals surface area contributed by atoms with E-state index < -0.39 is 4.92 Å². The molecule has 0 saturated carbocycles. The monoisotopic (exact) mass is 274 g/mol. The van der Waals surface area contributed by atoms with Crippen LogP contribution in [-0.4, -0.2) is 22.3 Å². The number of nitro benzene ring substituents is 1. The number of ether oxygens (including phenoxy) is 1. The van der Waals surface area contributed by atoms with Gasteiger partial charge >= 0.3 is 0 Å². The second kappa shape index (κ2) is 5.64. The number of benzene rings is 1. The zero-order valence-electron chi connectivity index (χ0n) is 11.2. The maximum Gasteiger partial charge on any atom is 0.295 e. The van der Waals surface area contributed by atoms with Crippen molar-refractivity contribution in [1.82, 2.24) is 4.98 Å². The Morgan fingerprint density at radius 3 is 2.80 bits per heavy atom. The van der Waals surface area contributed by atoms with Gasteiger partial charge in [-0.1, -0.05) is 13.8 Å². The van der Waals surface area contributed by atoms with Gasteiger partial charge in [0.1, 0.15) is 12.4 Å². The molecule has 6 nitrogen and oxygen atoms in total. The number of ketones is 1. The standard InChI is InChI=1S/C14H14N2O4/c1-9(2)12(17)8-20-13-6-5-11(16(18)19)14-10(13)4-3-7-15-14/h3-7,9H,8H2,1-2H3. The number of hydrogen-bond acceptors (Lipinski definition) is 5. The molecule has 0 aliphatic carbocycles. The Labute approximate surface area is 115 Å². The molecular weight excluding hydrogens is 260 g/mol. The lowest BCUT2D eigenvalue weighted by molar-refractivity contribution is -0.383. The summed E-state index contributed by atoms with van der Waals surface area (Å²) in [4.78, 5) is 26.1. The van der Waals surface area contributed by atoms with Crippen molar-refractivity contribution in [3.8, 4) is 5.75 Å². The van der Waals surface area contributed by atoms with Crippen molar-refractivity contribution >= 4 is 22.4 Å². The molecule has 2 aromatic rings. The van der Waals surface area contributed by atoms with Gasteiger partial charge in [-0.3, -0.25) is 14.9 Å². The van der Waals surface area contributed by atoms with Gasteiger partial charge in [0, 0.05) is 23.6 Å². The van der Waals surface area contributed by atoms with Crippen LogP contribution in [0, 0.1) is 16.0 Å². The Balaban J connectivity index is 2.38. The van der Waals surface area contributed by atoms with Gasteiger partial charge in [-0.25, -0.2) is 4.98 Å². The van der Waals surface area contributed by atoms with Crippen LogP contribution in [0.5, 0.6) is 5.75 Å². The summed E-state index contributed by atoms with van der Waals surface area (Å²) in [5.41, 5.74) is 0.176. The number of nitrogens with zero attached hydrogens (tertiary/aromatic N) is 2. The molecule has 0 aliphatic heterocycles. The predicted octanol–water partition coefficient (Wildman–Crippen LogP) is 2.75. The Kier molecular flexibility index (Phi) is 3.93. The highest BCUT2D eigenvalue weighted by Gasteiger charge is 2.17. The predicted molar refractivity (Wildman–Crippen MR) is 73.7 cm³/mol. The molecule has 0 N–H and O–H groups in total. The number of carbonyl (C=O) groups excluding carboxylic acids is 1. The largest absolute Gasteiger partial charge is 0.485 e. The first kappa shape index (κ1) is 13.9. The van der Waals surface area contributed by atoms with Gasteiger partial charge in [-0.05, 0) is 18.2 Å².